The van der Waals surface area contributed by atoms with E-state index in [1.165, 1.54) is 0 Å². The summed E-state index contributed by atoms with van der Waals surface area (Å²) < 4.78 is 1.56. The lowest BCUT2D eigenvalue weighted by Gasteiger charge is -2.42. The van der Waals surface area contributed by atoms with Crippen molar-refractivity contribution >= 4 is 22.6 Å². The normalized spacial score (nSPS) is 17.9. The second-order valence-electron chi connectivity index (χ2n) is 9.88. The summed E-state index contributed by atoms with van der Waals surface area (Å²) in [6, 6.07) is 25.3. The van der Waals surface area contributed by atoms with Gasteiger partial charge in [0.2, 0.25) is 5.91 Å². The van der Waals surface area contributed by atoms with E-state index >= 15 is 0 Å². The maximum Gasteiger partial charge on any atom is 0.338 e. The second kappa shape index (κ2) is 9.55. The summed E-state index contributed by atoms with van der Waals surface area (Å²) in [5, 5.41) is 17.6. The van der Waals surface area contributed by atoms with Crippen LogP contribution in [0.25, 0.3) is 16.5 Å². The van der Waals surface area contributed by atoms with Gasteiger partial charge in [-0.05, 0) is 36.6 Å². The predicted octanol–water partition coefficient (Wildman–Crippen LogP) is 3.29. The molecule has 192 valence electrons. The third-order valence-corrected chi connectivity index (χ3v) is 7.86. The standard InChI is InChI=1S/C30H28N4O4/c35-27-23-14-8-7-13-22(23)24(28(36)37)26(34(27)21-11-5-2-6-12-21)25(20-9-3-1-4-10-20)33-17-15-30(16-18-33)29(38)31-19-32-30/h1-14,25,32H,15-19H2,(H,31,38)(H,36,37). The number of pyridine rings is 1. The number of para-hydroxylation sites is 1. The van der Waals surface area contributed by atoms with Crippen molar-refractivity contribution in [3.63, 3.8) is 0 Å². The Morgan fingerprint density at radius 1 is 0.842 bits per heavy atom. The van der Waals surface area contributed by atoms with Crippen molar-refractivity contribution in [2.45, 2.75) is 24.4 Å². The van der Waals surface area contributed by atoms with Crippen molar-refractivity contribution in [2.75, 3.05) is 19.8 Å². The van der Waals surface area contributed by atoms with Gasteiger partial charge in [0.15, 0.2) is 0 Å². The van der Waals surface area contributed by atoms with Crippen LogP contribution in [0.15, 0.2) is 89.7 Å². The number of carboxylic acids is 1. The molecule has 0 bridgehead atoms. The van der Waals surface area contributed by atoms with E-state index in [2.05, 4.69) is 15.5 Å². The number of benzene rings is 3. The molecular weight excluding hydrogens is 480 g/mol. The summed E-state index contributed by atoms with van der Waals surface area (Å²) in [6.07, 6.45) is 1.15. The number of nitrogens with zero attached hydrogens (tertiary/aromatic N) is 2. The molecule has 38 heavy (non-hydrogen) atoms. The molecule has 2 aliphatic rings. The van der Waals surface area contributed by atoms with E-state index in [-0.39, 0.29) is 17.0 Å². The fourth-order valence-corrected chi connectivity index (χ4v) is 5.97. The van der Waals surface area contributed by atoms with Crippen LogP contribution in [0.3, 0.4) is 0 Å². The summed E-state index contributed by atoms with van der Waals surface area (Å²) >= 11 is 0. The van der Waals surface area contributed by atoms with Crippen molar-refractivity contribution < 1.29 is 14.7 Å². The number of nitrogens with one attached hydrogen (secondary N) is 2. The smallest absolute Gasteiger partial charge is 0.338 e. The Balaban J connectivity index is 1.62. The van der Waals surface area contributed by atoms with Gasteiger partial charge in [0, 0.05) is 29.5 Å². The topological polar surface area (TPSA) is 104 Å². The highest BCUT2D eigenvalue weighted by Crippen LogP contribution is 2.38. The zero-order valence-corrected chi connectivity index (χ0v) is 20.8. The molecule has 8 heteroatoms. The molecule has 3 N–H and O–H groups in total. The van der Waals surface area contributed by atoms with Crippen LogP contribution in [0.2, 0.25) is 0 Å². The van der Waals surface area contributed by atoms with E-state index in [1.807, 2.05) is 60.7 Å². The van der Waals surface area contributed by atoms with Gasteiger partial charge in [-0.25, -0.2) is 4.79 Å². The monoisotopic (exact) mass is 508 g/mol. The van der Waals surface area contributed by atoms with E-state index in [0.29, 0.717) is 54.8 Å². The third kappa shape index (κ3) is 3.89. The number of carboxylic acid groups (broad SMARTS) is 1. The molecule has 1 amide bonds. The van der Waals surface area contributed by atoms with Crippen molar-refractivity contribution in [1.82, 2.24) is 20.1 Å². The van der Waals surface area contributed by atoms with E-state index in [4.69, 9.17) is 0 Å². The molecule has 2 aliphatic heterocycles. The molecule has 4 aromatic rings. The molecule has 8 nitrogen and oxygen atoms in total. The van der Waals surface area contributed by atoms with Gasteiger partial charge in [0.05, 0.1) is 24.0 Å². The van der Waals surface area contributed by atoms with E-state index in [1.54, 1.807) is 28.8 Å². The van der Waals surface area contributed by atoms with Crippen LogP contribution < -0.4 is 16.2 Å². The summed E-state index contributed by atoms with van der Waals surface area (Å²) in [7, 11) is 0. The Morgan fingerprint density at radius 2 is 1.45 bits per heavy atom. The van der Waals surface area contributed by atoms with Gasteiger partial charge in [-0.1, -0.05) is 66.7 Å². The minimum atomic E-state index is -1.09. The molecule has 0 aliphatic carbocycles. The quantitative estimate of drug-likeness (QED) is 0.382. The maximum absolute atomic E-state index is 14.1. The lowest BCUT2D eigenvalue weighted by atomic mass is 9.85. The lowest BCUT2D eigenvalue weighted by molar-refractivity contribution is -0.125. The molecule has 2 fully saturated rings. The van der Waals surface area contributed by atoms with Gasteiger partial charge < -0.3 is 10.4 Å². The van der Waals surface area contributed by atoms with Crippen LogP contribution in [0.4, 0.5) is 0 Å². The van der Waals surface area contributed by atoms with Crippen molar-refractivity contribution in [1.29, 1.82) is 0 Å². The van der Waals surface area contributed by atoms with Gasteiger partial charge in [-0.15, -0.1) is 0 Å². The average molecular weight is 509 g/mol. The number of piperidine rings is 1. The third-order valence-electron chi connectivity index (χ3n) is 7.86. The first-order valence-electron chi connectivity index (χ1n) is 12.8. The molecule has 3 aromatic carbocycles. The highest BCUT2D eigenvalue weighted by atomic mass is 16.4. The van der Waals surface area contributed by atoms with Crippen LogP contribution in [0, 0.1) is 0 Å². The molecular formula is C30H28N4O4. The van der Waals surface area contributed by atoms with Crippen LogP contribution in [0.1, 0.15) is 40.5 Å². The highest BCUT2D eigenvalue weighted by Gasteiger charge is 2.46. The molecule has 3 heterocycles. The first-order valence-corrected chi connectivity index (χ1v) is 12.8. The predicted molar refractivity (Wildman–Crippen MR) is 144 cm³/mol. The summed E-state index contributed by atoms with van der Waals surface area (Å²) in [4.78, 5) is 41.9. The first kappa shape index (κ1) is 24.1. The van der Waals surface area contributed by atoms with Crippen LogP contribution in [0.5, 0.6) is 0 Å². The maximum atomic E-state index is 14.1. The largest absolute Gasteiger partial charge is 0.478 e. The Kier molecular flexibility index (Phi) is 6.06. The Morgan fingerprint density at radius 3 is 2.05 bits per heavy atom. The molecule has 1 atom stereocenters. The SMILES string of the molecule is O=C(O)c1c(C(c2ccccc2)N2CCC3(CC2)NCNC3=O)n(-c2ccccc2)c(=O)c2ccccc12. The van der Waals surface area contributed by atoms with Crippen LogP contribution in [-0.2, 0) is 4.79 Å². The van der Waals surface area contributed by atoms with Gasteiger partial charge in [-0.2, -0.15) is 0 Å². The highest BCUT2D eigenvalue weighted by molar-refractivity contribution is 6.04. The summed E-state index contributed by atoms with van der Waals surface area (Å²) in [5.74, 6) is -1.08. The number of rotatable bonds is 5. The minimum absolute atomic E-state index is 0.00605. The van der Waals surface area contributed by atoms with E-state index in [0.717, 1.165) is 5.56 Å². The zero-order chi connectivity index (χ0) is 26.3. The number of aromatic carboxylic acids is 1. The molecule has 0 saturated carbocycles. The van der Waals surface area contributed by atoms with Crippen LogP contribution >= 0.6 is 0 Å². The number of hydrogen-bond acceptors (Lipinski definition) is 5. The van der Waals surface area contributed by atoms with Crippen molar-refractivity contribution in [3.05, 3.63) is 112 Å². The Bertz CT molecular complexity index is 1570. The number of carbonyl (C=O) groups is 2. The summed E-state index contributed by atoms with van der Waals surface area (Å²) in [6.45, 7) is 1.55. The van der Waals surface area contributed by atoms with Gasteiger partial charge in [0.1, 0.15) is 5.54 Å². The number of aromatic nitrogens is 1. The van der Waals surface area contributed by atoms with E-state index < -0.39 is 17.6 Å². The van der Waals surface area contributed by atoms with Crippen molar-refractivity contribution in [3.8, 4) is 5.69 Å². The second-order valence-corrected chi connectivity index (χ2v) is 9.88. The number of amides is 1. The number of fused-ring (bicyclic) bond motifs is 1. The van der Waals surface area contributed by atoms with Crippen LogP contribution in [-0.4, -0.2) is 51.7 Å². The summed E-state index contributed by atoms with van der Waals surface area (Å²) in [5.41, 5.74) is 1.13. The number of likely N-dealkylation sites (tertiary alicyclic amines) is 1. The molecule has 6 rings (SSSR count). The van der Waals surface area contributed by atoms with E-state index in [9.17, 15) is 19.5 Å². The lowest BCUT2D eigenvalue weighted by Crippen LogP contribution is -2.55. The molecule has 2 saturated heterocycles. The molecule has 1 unspecified atom stereocenters. The fourth-order valence-electron chi connectivity index (χ4n) is 5.97. The van der Waals surface area contributed by atoms with Crippen molar-refractivity contribution in [2.24, 2.45) is 0 Å². The minimum Gasteiger partial charge on any atom is -0.478 e. The Hall–Kier alpha value is -4.27. The molecule has 1 aromatic heterocycles. The number of carbonyl (C=O) groups excluding carboxylic acids is 1. The van der Waals surface area contributed by atoms with Gasteiger partial charge >= 0.3 is 5.97 Å². The average Bonchev–Trinajstić information content (AvgIpc) is 3.30. The molecule has 1 spiro atoms. The first-order chi connectivity index (χ1) is 18.5. The van der Waals surface area contributed by atoms with Gasteiger partial charge in [0.25, 0.3) is 5.56 Å². The van der Waals surface area contributed by atoms with Gasteiger partial charge in [-0.3, -0.25) is 24.4 Å². The zero-order valence-electron chi connectivity index (χ0n) is 20.8. The Labute approximate surface area is 219 Å². The fraction of sp³-hybridized carbons (Fsp3) is 0.233. The number of hydrogen-bond donors (Lipinski definition) is 3. The molecule has 0 radical (unpaired) electrons.